The van der Waals surface area contributed by atoms with Crippen molar-refractivity contribution >= 4 is 24.0 Å². The van der Waals surface area contributed by atoms with E-state index in [1.807, 2.05) is 0 Å². The minimum atomic E-state index is -0.680. The van der Waals surface area contributed by atoms with Crippen LogP contribution in [0.15, 0.2) is 59.7 Å². The monoisotopic (exact) mass is 411 g/mol. The summed E-state index contributed by atoms with van der Waals surface area (Å²) in [5, 5.41) is 0. The number of rotatable bonds is 2. The summed E-state index contributed by atoms with van der Waals surface area (Å²) in [5.74, 6) is -0.970. The average Bonchev–Trinajstić information content (AvgIpc) is 2.67. The van der Waals surface area contributed by atoms with E-state index >= 15 is 0 Å². The van der Waals surface area contributed by atoms with Crippen molar-refractivity contribution in [2.24, 2.45) is 0 Å². The molecule has 1 aliphatic heterocycles. The molecule has 1 saturated heterocycles. The lowest BCUT2D eigenvalue weighted by molar-refractivity contribution is -0.113. The van der Waals surface area contributed by atoms with Crippen LogP contribution >= 0.6 is 0 Å². The van der Waals surface area contributed by atoms with Gasteiger partial charge in [0.15, 0.2) is 5.78 Å². The first kappa shape index (κ1) is 21.4. The lowest BCUT2D eigenvalue weighted by Gasteiger charge is -2.32. The first-order valence-corrected chi connectivity index (χ1v) is 9.56. The number of Topliss-reactive ketones (excluding diaryl/α,β-unsaturated/α-hetero) is 1. The van der Waals surface area contributed by atoms with Crippen molar-refractivity contribution in [2.75, 3.05) is 13.1 Å². The van der Waals surface area contributed by atoms with Crippen LogP contribution in [0.2, 0.25) is 0 Å². The van der Waals surface area contributed by atoms with Crippen LogP contribution in [-0.4, -0.2) is 35.5 Å². The van der Waals surface area contributed by atoms with Crippen LogP contribution in [0.3, 0.4) is 0 Å². The fraction of sp³-hybridized carbons (Fsp3) is 0.250. The molecule has 0 unspecified atom stereocenters. The van der Waals surface area contributed by atoms with E-state index in [0.29, 0.717) is 22.3 Å². The fourth-order valence-corrected chi connectivity index (χ4v) is 3.02. The van der Waals surface area contributed by atoms with Gasteiger partial charge in [0.25, 0.3) is 0 Å². The van der Waals surface area contributed by atoms with Gasteiger partial charge >= 0.3 is 6.09 Å². The van der Waals surface area contributed by atoms with Gasteiger partial charge in [-0.05, 0) is 68.3 Å². The van der Waals surface area contributed by atoms with Gasteiger partial charge in [-0.1, -0.05) is 24.3 Å². The number of likely N-dealkylation sites (tertiary alicyclic amines) is 1. The van der Waals surface area contributed by atoms with Gasteiger partial charge in [-0.3, -0.25) is 9.69 Å². The third-order valence-electron chi connectivity index (χ3n) is 4.38. The van der Waals surface area contributed by atoms with Gasteiger partial charge in [0.2, 0.25) is 0 Å². The maximum atomic E-state index is 13.2. The topological polar surface area (TPSA) is 46.6 Å². The highest BCUT2D eigenvalue weighted by molar-refractivity contribution is 6.15. The van der Waals surface area contributed by atoms with E-state index < -0.39 is 11.7 Å². The molecule has 1 heterocycles. The lowest BCUT2D eigenvalue weighted by Crippen LogP contribution is -2.44. The van der Waals surface area contributed by atoms with Crippen LogP contribution in [0.25, 0.3) is 12.2 Å². The van der Waals surface area contributed by atoms with E-state index in [9.17, 15) is 18.4 Å². The highest BCUT2D eigenvalue weighted by Gasteiger charge is 2.31. The van der Waals surface area contributed by atoms with Crippen LogP contribution in [0.5, 0.6) is 0 Å². The summed E-state index contributed by atoms with van der Waals surface area (Å²) in [7, 11) is 0. The highest BCUT2D eigenvalue weighted by Crippen LogP contribution is 2.24. The fourth-order valence-electron chi connectivity index (χ4n) is 3.02. The number of hydrogen-bond donors (Lipinski definition) is 0. The van der Waals surface area contributed by atoms with Crippen molar-refractivity contribution in [3.8, 4) is 0 Å². The predicted molar refractivity (Wildman–Crippen MR) is 112 cm³/mol. The van der Waals surface area contributed by atoms with Crippen LogP contribution in [-0.2, 0) is 9.53 Å². The van der Waals surface area contributed by atoms with Gasteiger partial charge in [0.05, 0.1) is 13.1 Å². The lowest BCUT2D eigenvalue weighted by atomic mass is 9.94. The Balaban J connectivity index is 1.97. The standard InChI is InChI=1S/C24H23F2NO3/c1-24(2,3)30-23(29)27-14-18(12-16-4-8-20(25)9-5-16)22(28)19(15-27)13-17-6-10-21(26)11-7-17/h4-13H,14-15H2,1-3H3. The van der Waals surface area contributed by atoms with E-state index in [0.717, 1.165) is 0 Å². The zero-order chi connectivity index (χ0) is 21.9. The highest BCUT2D eigenvalue weighted by atomic mass is 19.1. The van der Waals surface area contributed by atoms with Gasteiger partial charge in [-0.15, -0.1) is 0 Å². The summed E-state index contributed by atoms with van der Waals surface area (Å²) in [5.41, 5.74) is 1.37. The van der Waals surface area contributed by atoms with Crippen LogP contribution in [0.4, 0.5) is 13.6 Å². The van der Waals surface area contributed by atoms with Crippen molar-refractivity contribution in [3.05, 3.63) is 82.4 Å². The quantitative estimate of drug-likeness (QED) is 0.634. The Kier molecular flexibility index (Phi) is 6.15. The molecule has 0 aromatic heterocycles. The molecule has 0 bridgehead atoms. The zero-order valence-corrected chi connectivity index (χ0v) is 17.1. The maximum Gasteiger partial charge on any atom is 0.410 e. The number of carbonyl (C=O) groups excluding carboxylic acids is 2. The van der Waals surface area contributed by atoms with E-state index in [2.05, 4.69) is 0 Å². The van der Waals surface area contributed by atoms with E-state index in [1.54, 1.807) is 57.2 Å². The summed E-state index contributed by atoms with van der Waals surface area (Å²) in [6, 6.07) is 11.5. The van der Waals surface area contributed by atoms with Gasteiger partial charge in [0, 0.05) is 11.1 Å². The zero-order valence-electron chi connectivity index (χ0n) is 17.1. The number of ether oxygens (including phenoxy) is 1. The molecule has 0 saturated carbocycles. The Morgan fingerprint density at radius 1 is 0.867 bits per heavy atom. The molecule has 0 spiro atoms. The number of nitrogens with zero attached hydrogens (tertiary/aromatic N) is 1. The molecule has 0 radical (unpaired) electrons. The normalized spacial score (nSPS) is 17.5. The average molecular weight is 411 g/mol. The van der Waals surface area contributed by atoms with E-state index in [1.165, 1.54) is 29.2 Å². The van der Waals surface area contributed by atoms with Gasteiger partial charge in [0.1, 0.15) is 17.2 Å². The van der Waals surface area contributed by atoms with E-state index in [-0.39, 0.29) is 30.5 Å². The number of halogens is 2. The summed E-state index contributed by atoms with van der Waals surface area (Å²) < 4.78 is 31.9. The molecule has 6 heteroatoms. The maximum absolute atomic E-state index is 13.2. The Morgan fingerprint density at radius 3 is 1.63 bits per heavy atom. The number of carbonyl (C=O) groups is 2. The Hall–Kier alpha value is -3.28. The Labute approximate surface area is 174 Å². The molecule has 3 rings (SSSR count). The molecule has 0 N–H and O–H groups in total. The van der Waals surface area contributed by atoms with Crippen molar-refractivity contribution in [1.82, 2.24) is 4.90 Å². The third kappa shape index (κ3) is 5.63. The minimum absolute atomic E-state index is 0.0753. The molecule has 2 aromatic rings. The number of piperidine rings is 1. The molecule has 1 aliphatic rings. The van der Waals surface area contributed by atoms with E-state index in [4.69, 9.17) is 4.74 Å². The molecule has 156 valence electrons. The van der Waals surface area contributed by atoms with Crippen LogP contribution in [0, 0.1) is 11.6 Å². The molecular formula is C24H23F2NO3. The minimum Gasteiger partial charge on any atom is -0.444 e. The summed E-state index contributed by atoms with van der Waals surface area (Å²) >= 11 is 0. The van der Waals surface area contributed by atoms with Gasteiger partial charge in [-0.2, -0.15) is 0 Å². The second-order valence-corrected chi connectivity index (χ2v) is 8.11. The van der Waals surface area contributed by atoms with Crippen molar-refractivity contribution in [2.45, 2.75) is 26.4 Å². The number of hydrogen-bond acceptors (Lipinski definition) is 3. The largest absolute Gasteiger partial charge is 0.444 e. The van der Waals surface area contributed by atoms with Crippen molar-refractivity contribution < 1.29 is 23.1 Å². The summed E-state index contributed by atoms with van der Waals surface area (Å²) in [4.78, 5) is 27.1. The molecule has 1 amide bonds. The Bertz CT molecular complexity index is 933. The summed E-state index contributed by atoms with van der Waals surface area (Å²) in [6.07, 6.45) is 2.73. The SMILES string of the molecule is CC(C)(C)OC(=O)N1CC(=Cc2ccc(F)cc2)C(=O)C(=Cc2ccc(F)cc2)C1. The molecule has 2 aromatic carbocycles. The molecular weight excluding hydrogens is 388 g/mol. The number of ketones is 1. The molecule has 1 fully saturated rings. The van der Waals surface area contributed by atoms with Gasteiger partial charge < -0.3 is 4.74 Å². The molecule has 4 nitrogen and oxygen atoms in total. The second-order valence-electron chi connectivity index (χ2n) is 8.11. The van der Waals surface area contributed by atoms with Crippen molar-refractivity contribution in [1.29, 1.82) is 0 Å². The van der Waals surface area contributed by atoms with Crippen LogP contribution in [0.1, 0.15) is 31.9 Å². The Morgan fingerprint density at radius 2 is 1.27 bits per heavy atom. The molecule has 30 heavy (non-hydrogen) atoms. The summed E-state index contributed by atoms with van der Waals surface area (Å²) in [6.45, 7) is 5.46. The van der Waals surface area contributed by atoms with Crippen molar-refractivity contribution in [3.63, 3.8) is 0 Å². The smallest absolute Gasteiger partial charge is 0.410 e. The number of benzene rings is 2. The van der Waals surface area contributed by atoms with Gasteiger partial charge in [-0.25, -0.2) is 13.6 Å². The molecule has 0 aliphatic carbocycles. The first-order valence-electron chi connectivity index (χ1n) is 9.56. The molecule has 0 atom stereocenters. The first-order chi connectivity index (χ1) is 14.1. The van der Waals surface area contributed by atoms with Crippen LogP contribution < -0.4 is 0 Å². The predicted octanol–water partition coefficient (Wildman–Crippen LogP) is 5.25. The second kappa shape index (κ2) is 8.61. The third-order valence-corrected chi connectivity index (χ3v) is 4.38. The number of amides is 1.